The van der Waals surface area contributed by atoms with Gasteiger partial charge in [0.2, 0.25) is 0 Å². The van der Waals surface area contributed by atoms with Crippen molar-refractivity contribution in [3.05, 3.63) is 22.2 Å². The molecule has 1 atom stereocenters. The van der Waals surface area contributed by atoms with E-state index in [1.165, 1.54) is 7.11 Å². The van der Waals surface area contributed by atoms with Crippen LogP contribution in [0.1, 0.15) is 18.0 Å². The monoisotopic (exact) mass is 353 g/mol. The molecule has 0 saturated carbocycles. The summed E-state index contributed by atoms with van der Waals surface area (Å²) in [5.41, 5.74) is 6.67. The first-order chi connectivity index (χ1) is 8.53. The van der Waals surface area contributed by atoms with Crippen LogP contribution in [-0.4, -0.2) is 27.3 Å². The van der Waals surface area contributed by atoms with E-state index < -0.39 is 6.04 Å². The van der Waals surface area contributed by atoms with Crippen molar-refractivity contribution in [2.75, 3.05) is 21.3 Å². The molecule has 0 aliphatic rings. The number of hydrogen-bond acceptors (Lipinski definition) is 5. The highest BCUT2D eigenvalue weighted by Gasteiger charge is 2.18. The van der Waals surface area contributed by atoms with Crippen molar-refractivity contribution in [2.24, 2.45) is 5.73 Å². The minimum atomic E-state index is -0.505. The molecule has 0 amide bonds. The standard InChI is InChI=1S/C12H16BrNO4.ClH/c1-16-10-5-8(13)11(17-2)4-7(10)9(14)6-12(15)18-3;/h4-5,9H,6,14H2,1-3H3;1H/t9-;/m0./s1. The predicted molar refractivity (Wildman–Crippen MR) is 78.1 cm³/mol. The topological polar surface area (TPSA) is 70.8 Å². The molecule has 0 saturated heterocycles. The quantitative estimate of drug-likeness (QED) is 0.822. The van der Waals surface area contributed by atoms with Crippen LogP contribution >= 0.6 is 28.3 Å². The number of esters is 1. The molecule has 1 aromatic rings. The van der Waals surface area contributed by atoms with Gasteiger partial charge in [-0.2, -0.15) is 0 Å². The molecule has 5 nitrogen and oxygen atoms in total. The highest BCUT2D eigenvalue weighted by molar-refractivity contribution is 9.10. The van der Waals surface area contributed by atoms with Crippen molar-refractivity contribution in [2.45, 2.75) is 12.5 Å². The van der Waals surface area contributed by atoms with Gasteiger partial charge in [-0.05, 0) is 28.1 Å². The fourth-order valence-corrected chi connectivity index (χ4v) is 2.03. The Morgan fingerprint density at radius 3 is 2.32 bits per heavy atom. The van der Waals surface area contributed by atoms with Crippen molar-refractivity contribution in [3.8, 4) is 11.5 Å². The van der Waals surface area contributed by atoms with Gasteiger partial charge in [0, 0.05) is 11.6 Å². The number of carbonyl (C=O) groups excluding carboxylic acids is 1. The Morgan fingerprint density at radius 2 is 1.84 bits per heavy atom. The number of halogens is 2. The molecule has 0 unspecified atom stereocenters. The summed E-state index contributed by atoms with van der Waals surface area (Å²) in [5.74, 6) is 0.858. The molecule has 7 heteroatoms. The van der Waals surface area contributed by atoms with E-state index in [-0.39, 0.29) is 24.8 Å². The molecule has 1 rings (SSSR count). The smallest absolute Gasteiger partial charge is 0.307 e. The fourth-order valence-electron chi connectivity index (χ4n) is 1.55. The van der Waals surface area contributed by atoms with Crippen molar-refractivity contribution in [1.29, 1.82) is 0 Å². The minimum Gasteiger partial charge on any atom is -0.496 e. The molecular formula is C12H17BrClNO4. The maximum absolute atomic E-state index is 11.2. The van der Waals surface area contributed by atoms with Crippen LogP contribution in [0.25, 0.3) is 0 Å². The molecule has 0 heterocycles. The zero-order chi connectivity index (χ0) is 13.7. The van der Waals surface area contributed by atoms with E-state index in [0.717, 1.165) is 4.47 Å². The third kappa shape index (κ3) is 4.56. The molecule has 0 aliphatic heterocycles. The van der Waals surface area contributed by atoms with Gasteiger partial charge < -0.3 is 19.9 Å². The van der Waals surface area contributed by atoms with Crippen molar-refractivity contribution in [3.63, 3.8) is 0 Å². The number of carbonyl (C=O) groups is 1. The Labute approximate surface area is 126 Å². The molecule has 0 fully saturated rings. The third-order valence-corrected chi connectivity index (χ3v) is 3.14. The van der Waals surface area contributed by atoms with Crippen molar-refractivity contribution in [1.82, 2.24) is 0 Å². The summed E-state index contributed by atoms with van der Waals surface area (Å²) in [4.78, 5) is 11.2. The van der Waals surface area contributed by atoms with E-state index in [2.05, 4.69) is 20.7 Å². The van der Waals surface area contributed by atoms with E-state index in [0.29, 0.717) is 17.1 Å². The van der Waals surface area contributed by atoms with E-state index in [1.54, 1.807) is 26.4 Å². The van der Waals surface area contributed by atoms with Crippen LogP contribution in [-0.2, 0) is 9.53 Å². The Morgan fingerprint density at radius 1 is 1.26 bits per heavy atom. The van der Waals surface area contributed by atoms with Crippen LogP contribution < -0.4 is 15.2 Å². The molecule has 0 aromatic heterocycles. The number of nitrogens with two attached hydrogens (primary N) is 1. The summed E-state index contributed by atoms with van der Waals surface area (Å²) in [5, 5.41) is 0. The van der Waals surface area contributed by atoms with Gasteiger partial charge in [0.15, 0.2) is 0 Å². The molecule has 0 radical (unpaired) electrons. The van der Waals surface area contributed by atoms with Gasteiger partial charge in [-0.25, -0.2) is 0 Å². The molecule has 1 aromatic carbocycles. The largest absolute Gasteiger partial charge is 0.496 e. The van der Waals surface area contributed by atoms with Gasteiger partial charge in [-0.1, -0.05) is 0 Å². The van der Waals surface area contributed by atoms with Crippen molar-refractivity contribution >= 4 is 34.3 Å². The molecule has 0 aliphatic carbocycles. The Hall–Kier alpha value is -0.980. The molecule has 19 heavy (non-hydrogen) atoms. The molecule has 0 spiro atoms. The number of hydrogen-bond donors (Lipinski definition) is 1. The second-order valence-electron chi connectivity index (χ2n) is 3.62. The van der Waals surface area contributed by atoms with Crippen LogP contribution in [0.5, 0.6) is 11.5 Å². The Bertz CT molecular complexity index is 442. The lowest BCUT2D eigenvalue weighted by atomic mass is 10.0. The number of rotatable bonds is 5. The highest BCUT2D eigenvalue weighted by atomic mass is 79.9. The summed E-state index contributed by atoms with van der Waals surface area (Å²) >= 11 is 3.36. The number of methoxy groups -OCH3 is 3. The van der Waals surface area contributed by atoms with Crippen LogP contribution in [0.15, 0.2) is 16.6 Å². The van der Waals surface area contributed by atoms with Crippen molar-refractivity contribution < 1.29 is 19.0 Å². The molecule has 0 bridgehead atoms. The van der Waals surface area contributed by atoms with Gasteiger partial charge in [-0.3, -0.25) is 4.79 Å². The summed E-state index contributed by atoms with van der Waals surface area (Å²) in [7, 11) is 4.43. The summed E-state index contributed by atoms with van der Waals surface area (Å²) < 4.78 is 15.8. The van der Waals surface area contributed by atoms with E-state index >= 15 is 0 Å². The molecule has 2 N–H and O–H groups in total. The molecular weight excluding hydrogens is 337 g/mol. The summed E-state index contributed by atoms with van der Waals surface area (Å²) in [6.07, 6.45) is 0.0810. The van der Waals surface area contributed by atoms with Crippen LogP contribution in [0.4, 0.5) is 0 Å². The van der Waals surface area contributed by atoms with E-state index in [9.17, 15) is 4.79 Å². The second-order valence-corrected chi connectivity index (χ2v) is 4.47. The predicted octanol–water partition coefficient (Wildman–Crippen LogP) is 2.45. The first kappa shape index (κ1) is 18.0. The van der Waals surface area contributed by atoms with Gasteiger partial charge in [0.25, 0.3) is 0 Å². The third-order valence-electron chi connectivity index (χ3n) is 2.52. The van der Waals surface area contributed by atoms with Crippen LogP contribution in [0.2, 0.25) is 0 Å². The maximum Gasteiger partial charge on any atom is 0.307 e. The average molecular weight is 355 g/mol. The Balaban J connectivity index is 0.00000324. The zero-order valence-electron chi connectivity index (χ0n) is 10.9. The van der Waals surface area contributed by atoms with E-state index in [1.807, 2.05) is 0 Å². The first-order valence-electron chi connectivity index (χ1n) is 5.27. The Kier molecular flexibility index (Phi) is 7.82. The molecule has 108 valence electrons. The average Bonchev–Trinajstić information content (AvgIpc) is 2.37. The summed E-state index contributed by atoms with van der Waals surface area (Å²) in [6, 6.07) is 3.00. The van der Waals surface area contributed by atoms with Gasteiger partial charge in [0.05, 0.1) is 32.2 Å². The zero-order valence-corrected chi connectivity index (χ0v) is 13.3. The first-order valence-corrected chi connectivity index (χ1v) is 6.06. The summed E-state index contributed by atoms with van der Waals surface area (Å²) in [6.45, 7) is 0. The second kappa shape index (κ2) is 8.24. The minimum absolute atomic E-state index is 0. The normalized spacial score (nSPS) is 11.2. The maximum atomic E-state index is 11.2. The lowest BCUT2D eigenvalue weighted by molar-refractivity contribution is -0.141. The lowest BCUT2D eigenvalue weighted by Crippen LogP contribution is -2.17. The van der Waals surface area contributed by atoms with Gasteiger partial charge >= 0.3 is 5.97 Å². The van der Waals surface area contributed by atoms with E-state index in [4.69, 9.17) is 15.2 Å². The van der Waals surface area contributed by atoms with Crippen LogP contribution in [0, 0.1) is 0 Å². The SMILES string of the molecule is COC(=O)C[C@H](N)c1cc(OC)c(Br)cc1OC.Cl. The van der Waals surface area contributed by atoms with Gasteiger partial charge in [-0.15, -0.1) is 12.4 Å². The number of benzene rings is 1. The fraction of sp³-hybridized carbons (Fsp3) is 0.417. The van der Waals surface area contributed by atoms with Crippen LogP contribution in [0.3, 0.4) is 0 Å². The highest BCUT2D eigenvalue weighted by Crippen LogP contribution is 2.36. The lowest BCUT2D eigenvalue weighted by Gasteiger charge is -2.17. The van der Waals surface area contributed by atoms with Gasteiger partial charge in [0.1, 0.15) is 11.5 Å². The number of ether oxygens (including phenoxy) is 3.